The van der Waals surface area contributed by atoms with Gasteiger partial charge in [-0.25, -0.2) is 4.98 Å². The lowest BCUT2D eigenvalue weighted by Crippen LogP contribution is -2.26. The van der Waals surface area contributed by atoms with Crippen molar-refractivity contribution >= 4 is 34.2 Å². The van der Waals surface area contributed by atoms with Crippen molar-refractivity contribution in [3.63, 3.8) is 0 Å². The molecule has 1 heterocycles. The predicted molar refractivity (Wildman–Crippen MR) is 76.5 cm³/mol. The van der Waals surface area contributed by atoms with Crippen molar-refractivity contribution in [3.05, 3.63) is 61.3 Å². The summed E-state index contributed by atoms with van der Waals surface area (Å²) in [7, 11) is 0. The van der Waals surface area contributed by atoms with Gasteiger partial charge in [0.15, 0.2) is 0 Å². The molecule has 1 aromatic heterocycles. The van der Waals surface area contributed by atoms with Crippen LogP contribution in [0.2, 0.25) is 5.15 Å². The van der Waals surface area contributed by atoms with Gasteiger partial charge in [0.1, 0.15) is 8.72 Å². The van der Waals surface area contributed by atoms with Crippen LogP contribution < -0.4 is 5.56 Å². The summed E-state index contributed by atoms with van der Waals surface area (Å²) in [6, 6.07) is 9.76. The Labute approximate surface area is 118 Å². The third-order valence-electron chi connectivity index (χ3n) is 2.60. The van der Waals surface area contributed by atoms with Gasteiger partial charge in [0.2, 0.25) is 0 Å². The van der Waals surface area contributed by atoms with E-state index >= 15 is 0 Å². The molecule has 88 valence electrons. The summed E-state index contributed by atoms with van der Waals surface area (Å²) in [5.74, 6) is 0. The highest BCUT2D eigenvalue weighted by Crippen LogP contribution is 2.17. The van der Waals surface area contributed by atoms with Crippen LogP contribution in [0.4, 0.5) is 0 Å². The Morgan fingerprint density at radius 1 is 1.35 bits per heavy atom. The average molecular weight is 361 g/mol. The monoisotopic (exact) mass is 360 g/mol. The number of aromatic nitrogens is 2. The number of halogens is 2. The summed E-state index contributed by atoms with van der Waals surface area (Å²) < 4.78 is 2.04. The van der Waals surface area contributed by atoms with Crippen LogP contribution in [0, 0.1) is 3.57 Å². The van der Waals surface area contributed by atoms with Gasteiger partial charge in [0, 0.05) is 0 Å². The van der Waals surface area contributed by atoms with Gasteiger partial charge in [-0.2, -0.15) is 0 Å². The second-order valence-electron chi connectivity index (χ2n) is 3.65. The molecule has 0 amide bonds. The first-order valence-electron chi connectivity index (χ1n) is 5.08. The van der Waals surface area contributed by atoms with Gasteiger partial charge in [-0.15, -0.1) is 0 Å². The van der Waals surface area contributed by atoms with Gasteiger partial charge in [-0.3, -0.25) is 9.36 Å². The van der Waals surface area contributed by atoms with Crippen LogP contribution in [0.1, 0.15) is 18.5 Å². The summed E-state index contributed by atoms with van der Waals surface area (Å²) >= 11 is 7.72. The van der Waals surface area contributed by atoms with Crippen molar-refractivity contribution in [2.75, 3.05) is 0 Å². The van der Waals surface area contributed by atoms with Gasteiger partial charge < -0.3 is 0 Å². The minimum atomic E-state index is -0.109. The standard InChI is InChI=1S/C12H10ClIN2O/c1-8(9-5-3-2-4-6-9)16-7-15-11(13)10(14)12(16)17/h2-8H,1H3. The smallest absolute Gasteiger partial charge is 0.268 e. The quantitative estimate of drug-likeness (QED) is 0.609. The van der Waals surface area contributed by atoms with E-state index in [0.717, 1.165) is 5.56 Å². The minimum Gasteiger partial charge on any atom is -0.291 e. The molecule has 0 fully saturated rings. The predicted octanol–water partition coefficient (Wildman–Crippen LogP) is 3.11. The Bertz CT molecular complexity index is 583. The van der Waals surface area contributed by atoms with E-state index in [2.05, 4.69) is 4.98 Å². The molecule has 2 rings (SSSR count). The minimum absolute atomic E-state index is 0.0537. The van der Waals surface area contributed by atoms with Gasteiger partial charge in [0.25, 0.3) is 5.56 Å². The number of benzene rings is 1. The van der Waals surface area contributed by atoms with E-state index in [1.54, 1.807) is 4.57 Å². The molecule has 1 aromatic carbocycles. The van der Waals surface area contributed by atoms with Crippen LogP contribution in [0.5, 0.6) is 0 Å². The number of nitrogens with zero attached hydrogens (tertiary/aromatic N) is 2. The van der Waals surface area contributed by atoms with E-state index < -0.39 is 0 Å². The highest BCUT2D eigenvalue weighted by molar-refractivity contribution is 14.1. The molecule has 0 N–H and O–H groups in total. The molecule has 0 saturated carbocycles. The van der Waals surface area contributed by atoms with Crippen molar-refractivity contribution < 1.29 is 0 Å². The fraction of sp³-hybridized carbons (Fsp3) is 0.167. The highest BCUT2D eigenvalue weighted by atomic mass is 127. The van der Waals surface area contributed by atoms with Crippen molar-refractivity contribution in [1.82, 2.24) is 9.55 Å². The van der Waals surface area contributed by atoms with Gasteiger partial charge >= 0.3 is 0 Å². The van der Waals surface area contributed by atoms with E-state index in [-0.39, 0.29) is 16.8 Å². The Morgan fingerprint density at radius 3 is 2.65 bits per heavy atom. The molecule has 0 spiro atoms. The zero-order chi connectivity index (χ0) is 12.4. The van der Waals surface area contributed by atoms with E-state index in [1.165, 1.54) is 6.33 Å². The lowest BCUT2D eigenvalue weighted by Gasteiger charge is -2.15. The maximum absolute atomic E-state index is 12.0. The van der Waals surface area contributed by atoms with E-state index in [0.29, 0.717) is 3.57 Å². The van der Waals surface area contributed by atoms with Crippen molar-refractivity contribution in [2.24, 2.45) is 0 Å². The summed E-state index contributed by atoms with van der Waals surface area (Å²) in [5, 5.41) is 0.257. The van der Waals surface area contributed by atoms with Crippen LogP contribution in [0.3, 0.4) is 0 Å². The molecule has 0 bridgehead atoms. The van der Waals surface area contributed by atoms with Crippen molar-refractivity contribution in [2.45, 2.75) is 13.0 Å². The van der Waals surface area contributed by atoms with Gasteiger partial charge in [-0.05, 0) is 35.1 Å². The molecule has 5 heteroatoms. The second-order valence-corrected chi connectivity index (χ2v) is 5.09. The van der Waals surface area contributed by atoms with E-state index in [9.17, 15) is 4.79 Å². The van der Waals surface area contributed by atoms with Crippen LogP contribution >= 0.6 is 34.2 Å². The largest absolute Gasteiger partial charge is 0.291 e. The Hall–Kier alpha value is -0.880. The van der Waals surface area contributed by atoms with E-state index in [1.807, 2.05) is 59.8 Å². The second kappa shape index (κ2) is 5.18. The first kappa shape index (κ1) is 12.6. The Kier molecular flexibility index (Phi) is 3.83. The maximum Gasteiger partial charge on any atom is 0.268 e. The third kappa shape index (κ3) is 2.52. The van der Waals surface area contributed by atoms with Crippen molar-refractivity contribution in [3.8, 4) is 0 Å². The summed E-state index contributed by atoms with van der Waals surface area (Å²) in [4.78, 5) is 16.0. The first-order valence-corrected chi connectivity index (χ1v) is 6.54. The van der Waals surface area contributed by atoms with Gasteiger partial charge in [-0.1, -0.05) is 41.9 Å². The molecule has 17 heavy (non-hydrogen) atoms. The maximum atomic E-state index is 12.0. The Balaban J connectivity index is 2.49. The molecule has 0 saturated heterocycles. The first-order chi connectivity index (χ1) is 8.11. The fourth-order valence-electron chi connectivity index (χ4n) is 1.59. The molecule has 1 unspecified atom stereocenters. The third-order valence-corrected chi connectivity index (χ3v) is 4.18. The summed E-state index contributed by atoms with van der Waals surface area (Å²) in [6.07, 6.45) is 1.49. The SMILES string of the molecule is CC(c1ccccc1)n1cnc(Cl)c(I)c1=O. The molecule has 2 aromatic rings. The molecule has 0 aliphatic heterocycles. The summed E-state index contributed by atoms with van der Waals surface area (Å²) in [6.45, 7) is 1.96. The number of rotatable bonds is 2. The van der Waals surface area contributed by atoms with Crippen LogP contribution in [-0.4, -0.2) is 9.55 Å². The highest BCUT2D eigenvalue weighted by Gasteiger charge is 2.13. The lowest BCUT2D eigenvalue weighted by atomic mass is 10.1. The van der Waals surface area contributed by atoms with Gasteiger partial charge in [0.05, 0.1) is 12.4 Å². The molecule has 0 aliphatic rings. The fourth-order valence-corrected chi connectivity index (χ4v) is 2.13. The molecule has 0 aliphatic carbocycles. The molecule has 1 atom stereocenters. The Morgan fingerprint density at radius 2 is 2.00 bits per heavy atom. The zero-order valence-electron chi connectivity index (χ0n) is 9.10. The van der Waals surface area contributed by atoms with E-state index in [4.69, 9.17) is 11.6 Å². The number of hydrogen-bond acceptors (Lipinski definition) is 2. The molecular weight excluding hydrogens is 351 g/mol. The van der Waals surface area contributed by atoms with Crippen molar-refractivity contribution in [1.29, 1.82) is 0 Å². The topological polar surface area (TPSA) is 34.9 Å². The average Bonchev–Trinajstić information content (AvgIpc) is 2.36. The number of hydrogen-bond donors (Lipinski definition) is 0. The normalized spacial score (nSPS) is 12.4. The van der Waals surface area contributed by atoms with Crippen LogP contribution in [0.15, 0.2) is 41.5 Å². The molecule has 3 nitrogen and oxygen atoms in total. The van der Waals surface area contributed by atoms with Crippen LogP contribution in [0.25, 0.3) is 0 Å². The summed E-state index contributed by atoms with van der Waals surface area (Å²) in [5.41, 5.74) is 0.955. The lowest BCUT2D eigenvalue weighted by molar-refractivity contribution is 0.599. The zero-order valence-corrected chi connectivity index (χ0v) is 12.0. The van der Waals surface area contributed by atoms with Crippen LogP contribution in [-0.2, 0) is 0 Å². The molecular formula is C12H10ClIN2O. The molecule has 0 radical (unpaired) electrons.